The van der Waals surface area contributed by atoms with Crippen LogP contribution in [-0.2, 0) is 0 Å². The summed E-state index contributed by atoms with van der Waals surface area (Å²) in [4.78, 5) is 5.58. The second-order valence-corrected chi connectivity index (χ2v) is 9.17. The van der Waals surface area contributed by atoms with Gasteiger partial charge in [-0.15, -0.1) is 0 Å². The lowest BCUT2D eigenvalue weighted by Crippen LogP contribution is -2.32. The Morgan fingerprint density at radius 1 is 1.25 bits per heavy atom. The van der Waals surface area contributed by atoms with Crippen molar-refractivity contribution in [2.45, 2.75) is 40.0 Å². The number of hydrazone groups is 1. The molecule has 126 valence electrons. The molecule has 1 N–H and O–H groups in total. The number of anilines is 1. The van der Waals surface area contributed by atoms with Gasteiger partial charge in [0.25, 0.3) is 0 Å². The molecule has 2 aromatic rings. The molecule has 0 amide bonds. The highest BCUT2D eigenvalue weighted by molar-refractivity contribution is 7.18. The summed E-state index contributed by atoms with van der Waals surface area (Å²) in [5.41, 5.74) is 6.22. The molecular weight excluding hydrogens is 338 g/mol. The van der Waals surface area contributed by atoms with Crippen LogP contribution in [-0.4, -0.2) is 10.7 Å². The lowest BCUT2D eigenvalue weighted by atomic mass is 9.70. The molecule has 0 radical (unpaired) electrons. The maximum Gasteiger partial charge on any atom is 0.203 e. The minimum atomic E-state index is 0.223. The summed E-state index contributed by atoms with van der Waals surface area (Å²) in [7, 11) is 0. The van der Waals surface area contributed by atoms with E-state index in [1.54, 1.807) is 11.3 Å². The van der Waals surface area contributed by atoms with Crippen LogP contribution in [0.25, 0.3) is 10.4 Å². The highest BCUT2D eigenvalue weighted by atomic mass is 35.5. The number of hydrogen-bond acceptors (Lipinski definition) is 4. The fourth-order valence-corrected chi connectivity index (χ4v) is 5.18. The number of rotatable bonds is 3. The Morgan fingerprint density at radius 3 is 2.62 bits per heavy atom. The van der Waals surface area contributed by atoms with Gasteiger partial charge < -0.3 is 0 Å². The number of benzene rings is 1. The van der Waals surface area contributed by atoms with Gasteiger partial charge in [0.2, 0.25) is 5.13 Å². The van der Waals surface area contributed by atoms with Gasteiger partial charge >= 0.3 is 0 Å². The molecule has 2 bridgehead atoms. The molecule has 2 fully saturated rings. The van der Waals surface area contributed by atoms with Gasteiger partial charge in [0, 0.05) is 22.3 Å². The SMILES string of the molecule is CC1(C)[C@@H]2CC[C@]1(C)/C(=N/Nc1ncc(-c3ccc(Cl)cc3)s1)C2. The van der Waals surface area contributed by atoms with E-state index in [-0.39, 0.29) is 5.41 Å². The zero-order chi connectivity index (χ0) is 16.9. The van der Waals surface area contributed by atoms with E-state index in [9.17, 15) is 0 Å². The van der Waals surface area contributed by atoms with E-state index in [2.05, 4.69) is 31.2 Å². The lowest BCUT2D eigenvalue weighted by molar-refractivity contribution is 0.194. The summed E-state index contributed by atoms with van der Waals surface area (Å²) >= 11 is 7.57. The molecule has 2 aliphatic carbocycles. The molecule has 1 aromatic heterocycles. The summed E-state index contributed by atoms with van der Waals surface area (Å²) in [5.74, 6) is 0.768. The summed E-state index contributed by atoms with van der Waals surface area (Å²) < 4.78 is 0. The first-order chi connectivity index (χ1) is 11.4. The summed E-state index contributed by atoms with van der Waals surface area (Å²) in [6.45, 7) is 7.17. The largest absolute Gasteiger partial charge is 0.253 e. The zero-order valence-electron chi connectivity index (χ0n) is 14.3. The van der Waals surface area contributed by atoms with Gasteiger partial charge in [-0.05, 0) is 48.3 Å². The number of hydrogen-bond donors (Lipinski definition) is 1. The van der Waals surface area contributed by atoms with Gasteiger partial charge in [-0.25, -0.2) is 4.98 Å². The van der Waals surface area contributed by atoms with Crippen molar-refractivity contribution in [3.05, 3.63) is 35.5 Å². The summed E-state index contributed by atoms with van der Waals surface area (Å²) in [6, 6.07) is 7.85. The van der Waals surface area contributed by atoms with Crippen molar-refractivity contribution in [3.8, 4) is 10.4 Å². The smallest absolute Gasteiger partial charge is 0.203 e. The molecule has 0 saturated heterocycles. The predicted molar refractivity (Wildman–Crippen MR) is 103 cm³/mol. The van der Waals surface area contributed by atoms with Gasteiger partial charge in [-0.1, -0.05) is 55.8 Å². The average Bonchev–Trinajstić information content (AvgIpc) is 3.16. The Hall–Kier alpha value is -1.39. The molecule has 5 heteroatoms. The normalized spacial score (nSPS) is 29.3. The van der Waals surface area contributed by atoms with Gasteiger partial charge in [0.1, 0.15) is 0 Å². The molecule has 3 nitrogen and oxygen atoms in total. The number of aromatic nitrogens is 1. The monoisotopic (exact) mass is 359 g/mol. The minimum absolute atomic E-state index is 0.223. The van der Waals surface area contributed by atoms with Crippen LogP contribution in [0.1, 0.15) is 40.0 Å². The third-order valence-corrected chi connectivity index (χ3v) is 7.64. The van der Waals surface area contributed by atoms with Gasteiger partial charge in [0.15, 0.2) is 0 Å². The first-order valence-corrected chi connectivity index (χ1v) is 9.64. The van der Waals surface area contributed by atoms with Crippen LogP contribution in [0.2, 0.25) is 5.02 Å². The average molecular weight is 360 g/mol. The molecule has 0 spiro atoms. The highest BCUT2D eigenvalue weighted by Crippen LogP contribution is 2.63. The molecule has 0 aliphatic heterocycles. The molecule has 1 heterocycles. The Kier molecular flexibility index (Phi) is 3.73. The first kappa shape index (κ1) is 16.1. The third kappa shape index (κ3) is 2.39. The predicted octanol–water partition coefficient (Wildman–Crippen LogP) is 6.08. The van der Waals surface area contributed by atoms with E-state index in [4.69, 9.17) is 16.7 Å². The van der Waals surface area contributed by atoms with Crippen molar-refractivity contribution in [2.75, 3.05) is 5.43 Å². The molecule has 2 saturated carbocycles. The molecule has 2 aliphatic rings. The van der Waals surface area contributed by atoms with Crippen molar-refractivity contribution >= 4 is 33.8 Å². The van der Waals surface area contributed by atoms with Crippen LogP contribution in [0.3, 0.4) is 0 Å². The zero-order valence-corrected chi connectivity index (χ0v) is 15.8. The van der Waals surface area contributed by atoms with E-state index < -0.39 is 0 Å². The van der Waals surface area contributed by atoms with E-state index >= 15 is 0 Å². The molecular formula is C19H22ClN3S. The van der Waals surface area contributed by atoms with Crippen molar-refractivity contribution in [1.82, 2.24) is 4.98 Å². The Morgan fingerprint density at radius 2 is 2.00 bits per heavy atom. The number of thiazole rings is 1. The topological polar surface area (TPSA) is 37.3 Å². The van der Waals surface area contributed by atoms with Crippen molar-refractivity contribution in [2.24, 2.45) is 21.8 Å². The molecule has 0 unspecified atom stereocenters. The van der Waals surface area contributed by atoms with Gasteiger partial charge in [-0.2, -0.15) is 5.10 Å². The standard InChI is InChI=1S/C19H22ClN3S/c1-18(2)13-8-9-19(18,3)16(10-13)22-23-17-21-11-15(24-17)12-4-6-14(20)7-5-12/h4-7,11,13H,8-10H2,1-3H3,(H,21,23)/b22-16+/t13-,19-/m1/s1. The van der Waals surface area contributed by atoms with E-state index in [0.29, 0.717) is 5.41 Å². The Balaban J connectivity index is 1.52. The number of nitrogens with one attached hydrogen (secondary N) is 1. The Labute approximate surface area is 152 Å². The number of fused-ring (bicyclic) bond motifs is 2. The molecule has 2 atom stereocenters. The molecule has 4 rings (SSSR count). The van der Waals surface area contributed by atoms with Crippen LogP contribution in [0, 0.1) is 16.7 Å². The Bertz CT molecular complexity index is 793. The van der Waals surface area contributed by atoms with Crippen molar-refractivity contribution < 1.29 is 0 Å². The maximum absolute atomic E-state index is 5.95. The second kappa shape index (κ2) is 5.57. The quantitative estimate of drug-likeness (QED) is 0.674. The van der Waals surface area contributed by atoms with Crippen LogP contribution in [0.4, 0.5) is 5.13 Å². The van der Waals surface area contributed by atoms with Crippen LogP contribution >= 0.6 is 22.9 Å². The van der Waals surface area contributed by atoms with Crippen molar-refractivity contribution in [3.63, 3.8) is 0 Å². The van der Waals surface area contributed by atoms with Crippen LogP contribution < -0.4 is 5.43 Å². The van der Waals surface area contributed by atoms with E-state index in [0.717, 1.165) is 32.9 Å². The van der Waals surface area contributed by atoms with Crippen molar-refractivity contribution in [1.29, 1.82) is 0 Å². The van der Waals surface area contributed by atoms with Crippen LogP contribution in [0.15, 0.2) is 35.6 Å². The van der Waals surface area contributed by atoms with Gasteiger partial charge in [-0.3, -0.25) is 5.43 Å². The second-order valence-electron chi connectivity index (χ2n) is 7.70. The maximum atomic E-state index is 5.95. The molecule has 24 heavy (non-hydrogen) atoms. The van der Waals surface area contributed by atoms with E-state index in [1.807, 2.05) is 30.5 Å². The third-order valence-electron chi connectivity index (χ3n) is 6.43. The summed E-state index contributed by atoms with van der Waals surface area (Å²) in [6.07, 6.45) is 5.59. The minimum Gasteiger partial charge on any atom is -0.253 e. The summed E-state index contributed by atoms with van der Waals surface area (Å²) in [5, 5.41) is 6.35. The highest BCUT2D eigenvalue weighted by Gasteiger charge is 2.59. The first-order valence-electron chi connectivity index (χ1n) is 8.45. The van der Waals surface area contributed by atoms with Gasteiger partial charge in [0.05, 0.1) is 4.88 Å². The number of halogens is 1. The van der Waals surface area contributed by atoms with Crippen LogP contribution in [0.5, 0.6) is 0 Å². The van der Waals surface area contributed by atoms with E-state index in [1.165, 1.54) is 18.6 Å². The lowest BCUT2D eigenvalue weighted by Gasteiger charge is -2.34. The number of nitrogens with zero attached hydrogens (tertiary/aromatic N) is 2. The molecule has 1 aromatic carbocycles. The fraction of sp³-hybridized carbons (Fsp3) is 0.474. The fourth-order valence-electron chi connectivity index (χ4n) is 4.29.